The molecule has 0 radical (unpaired) electrons. The van der Waals surface area contributed by atoms with Crippen LogP contribution in [0.1, 0.15) is 12.0 Å². The summed E-state index contributed by atoms with van der Waals surface area (Å²) in [5.74, 6) is 1.51. The molecule has 16 heavy (non-hydrogen) atoms. The van der Waals surface area contributed by atoms with Crippen molar-refractivity contribution in [2.24, 2.45) is 0 Å². The number of hydrogen-bond donors (Lipinski definition) is 2. The topological polar surface area (TPSA) is 50.7 Å². The van der Waals surface area contributed by atoms with Crippen molar-refractivity contribution >= 4 is 0 Å². The van der Waals surface area contributed by atoms with Crippen molar-refractivity contribution in [3.05, 3.63) is 23.8 Å². The monoisotopic (exact) mass is 225 g/mol. The quantitative estimate of drug-likeness (QED) is 0.684. The number of hydrogen-bond acceptors (Lipinski definition) is 4. The number of rotatable bonds is 7. The van der Waals surface area contributed by atoms with Gasteiger partial charge < -0.3 is 19.9 Å². The summed E-state index contributed by atoms with van der Waals surface area (Å²) in [7, 11) is 3.26. The van der Waals surface area contributed by atoms with Crippen molar-refractivity contribution in [3.63, 3.8) is 0 Å². The molecule has 2 N–H and O–H groups in total. The third kappa shape index (κ3) is 3.40. The lowest BCUT2D eigenvalue weighted by Crippen LogP contribution is -2.16. The first kappa shape index (κ1) is 12.8. The highest BCUT2D eigenvalue weighted by atomic mass is 16.5. The van der Waals surface area contributed by atoms with E-state index in [0.717, 1.165) is 30.0 Å². The van der Waals surface area contributed by atoms with Crippen LogP contribution in [-0.2, 0) is 6.54 Å². The van der Waals surface area contributed by atoms with Crippen LogP contribution in [0.15, 0.2) is 18.2 Å². The molecule has 1 aromatic rings. The number of aliphatic hydroxyl groups excluding tert-OH is 1. The summed E-state index contributed by atoms with van der Waals surface area (Å²) in [6, 6.07) is 5.80. The Morgan fingerprint density at radius 2 is 2.06 bits per heavy atom. The summed E-state index contributed by atoms with van der Waals surface area (Å²) in [4.78, 5) is 0. The Hall–Kier alpha value is -1.26. The van der Waals surface area contributed by atoms with Gasteiger partial charge in [0.05, 0.1) is 14.2 Å². The molecule has 0 heterocycles. The molecule has 0 bridgehead atoms. The fourth-order valence-corrected chi connectivity index (χ4v) is 1.52. The zero-order valence-corrected chi connectivity index (χ0v) is 9.82. The van der Waals surface area contributed by atoms with Gasteiger partial charge in [0, 0.05) is 18.7 Å². The van der Waals surface area contributed by atoms with E-state index in [4.69, 9.17) is 14.6 Å². The van der Waals surface area contributed by atoms with Crippen LogP contribution < -0.4 is 14.8 Å². The number of benzene rings is 1. The van der Waals surface area contributed by atoms with Crippen molar-refractivity contribution < 1.29 is 14.6 Å². The van der Waals surface area contributed by atoms with E-state index in [2.05, 4.69) is 5.32 Å². The summed E-state index contributed by atoms with van der Waals surface area (Å²) in [5.41, 5.74) is 1.06. The van der Waals surface area contributed by atoms with Crippen molar-refractivity contribution in [2.45, 2.75) is 13.0 Å². The minimum absolute atomic E-state index is 0.211. The van der Waals surface area contributed by atoms with Gasteiger partial charge >= 0.3 is 0 Å². The van der Waals surface area contributed by atoms with Crippen LogP contribution in [0.25, 0.3) is 0 Å². The fraction of sp³-hybridized carbons (Fsp3) is 0.500. The zero-order valence-electron chi connectivity index (χ0n) is 9.82. The van der Waals surface area contributed by atoms with Gasteiger partial charge in [-0.1, -0.05) is 12.1 Å². The van der Waals surface area contributed by atoms with Crippen LogP contribution in [0.3, 0.4) is 0 Å². The van der Waals surface area contributed by atoms with E-state index >= 15 is 0 Å². The lowest BCUT2D eigenvalue weighted by molar-refractivity contribution is 0.285. The van der Waals surface area contributed by atoms with Gasteiger partial charge in [0.15, 0.2) is 11.5 Å². The maximum atomic E-state index is 8.66. The molecule has 0 saturated heterocycles. The van der Waals surface area contributed by atoms with Gasteiger partial charge in [-0.2, -0.15) is 0 Å². The molecule has 0 amide bonds. The second-order valence-corrected chi connectivity index (χ2v) is 3.41. The van der Waals surface area contributed by atoms with E-state index in [9.17, 15) is 0 Å². The average molecular weight is 225 g/mol. The normalized spacial score (nSPS) is 10.2. The molecule has 0 aromatic heterocycles. The van der Waals surface area contributed by atoms with Crippen LogP contribution in [0.5, 0.6) is 11.5 Å². The maximum Gasteiger partial charge on any atom is 0.165 e. The van der Waals surface area contributed by atoms with Crippen molar-refractivity contribution in [1.29, 1.82) is 0 Å². The number of nitrogens with one attached hydrogen (secondary N) is 1. The Morgan fingerprint density at radius 3 is 2.69 bits per heavy atom. The SMILES string of the molecule is COc1cccc(CNCCCO)c1OC. The van der Waals surface area contributed by atoms with E-state index in [1.807, 2.05) is 18.2 Å². The van der Waals surface area contributed by atoms with Gasteiger partial charge in [0.2, 0.25) is 0 Å². The highest BCUT2D eigenvalue weighted by Crippen LogP contribution is 2.30. The third-order valence-electron chi connectivity index (χ3n) is 2.31. The summed E-state index contributed by atoms with van der Waals surface area (Å²) in [6.45, 7) is 1.71. The van der Waals surface area contributed by atoms with E-state index in [-0.39, 0.29) is 6.61 Å². The minimum atomic E-state index is 0.211. The highest BCUT2D eigenvalue weighted by molar-refractivity contribution is 5.46. The Kier molecular flexibility index (Phi) is 5.67. The number of aliphatic hydroxyl groups is 1. The maximum absolute atomic E-state index is 8.66. The largest absolute Gasteiger partial charge is 0.493 e. The molecule has 0 aliphatic heterocycles. The predicted molar refractivity (Wildman–Crippen MR) is 63.0 cm³/mol. The molecule has 0 fully saturated rings. The summed E-state index contributed by atoms with van der Waals surface area (Å²) in [5, 5.41) is 11.9. The van der Waals surface area contributed by atoms with Crippen LogP contribution in [0, 0.1) is 0 Å². The van der Waals surface area contributed by atoms with Gasteiger partial charge in [-0.05, 0) is 19.0 Å². The van der Waals surface area contributed by atoms with E-state index in [1.54, 1.807) is 14.2 Å². The molecule has 0 atom stereocenters. The molecule has 0 saturated carbocycles. The number of methoxy groups -OCH3 is 2. The molecule has 0 unspecified atom stereocenters. The minimum Gasteiger partial charge on any atom is -0.493 e. The highest BCUT2D eigenvalue weighted by Gasteiger charge is 2.08. The molecular formula is C12H19NO3. The van der Waals surface area contributed by atoms with Crippen molar-refractivity contribution in [3.8, 4) is 11.5 Å². The van der Waals surface area contributed by atoms with Gasteiger partial charge in [0.1, 0.15) is 0 Å². The van der Waals surface area contributed by atoms with Crippen molar-refractivity contribution in [1.82, 2.24) is 5.32 Å². The van der Waals surface area contributed by atoms with Crippen LogP contribution in [0.2, 0.25) is 0 Å². The predicted octanol–water partition coefficient (Wildman–Crippen LogP) is 1.18. The molecule has 4 nitrogen and oxygen atoms in total. The van der Waals surface area contributed by atoms with Crippen LogP contribution in [0.4, 0.5) is 0 Å². The molecule has 0 aliphatic carbocycles. The number of ether oxygens (including phenoxy) is 2. The van der Waals surface area contributed by atoms with Crippen molar-refractivity contribution in [2.75, 3.05) is 27.4 Å². The molecule has 1 rings (SSSR count). The average Bonchev–Trinajstić information content (AvgIpc) is 2.34. The zero-order chi connectivity index (χ0) is 11.8. The molecule has 0 aliphatic rings. The van der Waals surface area contributed by atoms with E-state index < -0.39 is 0 Å². The fourth-order valence-electron chi connectivity index (χ4n) is 1.52. The van der Waals surface area contributed by atoms with Gasteiger partial charge in [0.25, 0.3) is 0 Å². The first-order valence-electron chi connectivity index (χ1n) is 5.35. The lowest BCUT2D eigenvalue weighted by Gasteiger charge is -2.12. The molecule has 0 spiro atoms. The summed E-state index contributed by atoms with van der Waals surface area (Å²) < 4.78 is 10.5. The Labute approximate surface area is 96.2 Å². The lowest BCUT2D eigenvalue weighted by atomic mass is 10.2. The molecule has 4 heteroatoms. The third-order valence-corrected chi connectivity index (χ3v) is 2.31. The standard InChI is InChI=1S/C12H19NO3/c1-15-11-6-3-5-10(12(11)16-2)9-13-7-4-8-14/h3,5-6,13-14H,4,7-9H2,1-2H3. The molecule has 90 valence electrons. The Balaban J connectivity index is 2.63. The van der Waals surface area contributed by atoms with E-state index in [0.29, 0.717) is 6.54 Å². The summed E-state index contributed by atoms with van der Waals surface area (Å²) >= 11 is 0. The molecular weight excluding hydrogens is 206 g/mol. The van der Waals surface area contributed by atoms with Gasteiger partial charge in [-0.25, -0.2) is 0 Å². The molecule has 1 aromatic carbocycles. The Morgan fingerprint density at radius 1 is 1.25 bits per heavy atom. The second-order valence-electron chi connectivity index (χ2n) is 3.41. The van der Waals surface area contributed by atoms with Crippen LogP contribution >= 0.6 is 0 Å². The van der Waals surface area contributed by atoms with E-state index in [1.165, 1.54) is 0 Å². The van der Waals surface area contributed by atoms with Crippen LogP contribution in [-0.4, -0.2) is 32.5 Å². The first-order valence-corrected chi connectivity index (χ1v) is 5.35. The smallest absolute Gasteiger partial charge is 0.165 e. The number of para-hydroxylation sites is 1. The Bertz CT molecular complexity index is 315. The second kappa shape index (κ2) is 7.09. The van der Waals surface area contributed by atoms with Gasteiger partial charge in [-0.15, -0.1) is 0 Å². The first-order chi connectivity index (χ1) is 7.83. The van der Waals surface area contributed by atoms with Gasteiger partial charge in [-0.3, -0.25) is 0 Å². The summed E-state index contributed by atoms with van der Waals surface area (Å²) in [6.07, 6.45) is 0.756.